The van der Waals surface area contributed by atoms with E-state index in [-0.39, 0.29) is 17.6 Å². The van der Waals surface area contributed by atoms with Crippen LogP contribution in [0.4, 0.5) is 10.8 Å². The molecule has 2 amide bonds. The van der Waals surface area contributed by atoms with Gasteiger partial charge in [-0.25, -0.2) is 4.98 Å². The first-order chi connectivity index (χ1) is 15.6. The zero-order valence-electron chi connectivity index (χ0n) is 17.4. The number of nitrogens with zero attached hydrogens (tertiary/aromatic N) is 1. The maximum atomic E-state index is 12.9. The Balaban J connectivity index is 1.39. The highest BCUT2D eigenvalue weighted by atomic mass is 32.2. The van der Waals surface area contributed by atoms with E-state index >= 15 is 0 Å². The van der Waals surface area contributed by atoms with Crippen LogP contribution in [-0.4, -0.2) is 22.6 Å². The molecule has 0 atom stereocenters. The summed E-state index contributed by atoms with van der Waals surface area (Å²) in [5, 5.41) is 8.20. The van der Waals surface area contributed by atoms with Crippen LogP contribution in [-0.2, 0) is 4.79 Å². The van der Waals surface area contributed by atoms with Crippen LogP contribution in [0, 0.1) is 6.92 Å². The zero-order chi connectivity index (χ0) is 22.3. The van der Waals surface area contributed by atoms with Crippen molar-refractivity contribution >= 4 is 45.7 Å². The maximum absolute atomic E-state index is 12.9. The number of hydrogen-bond donors (Lipinski definition) is 2. The Morgan fingerprint density at radius 1 is 0.906 bits per heavy atom. The van der Waals surface area contributed by atoms with Gasteiger partial charge in [0.25, 0.3) is 5.91 Å². The van der Waals surface area contributed by atoms with E-state index in [1.807, 2.05) is 85.1 Å². The van der Waals surface area contributed by atoms with Gasteiger partial charge in [-0.2, -0.15) is 0 Å². The standard InChI is InChI=1S/C25H21N3O2S2/c1-17-11-13-19(14-12-17)26-23(29)16-31-22-10-6-5-9-20(22)24(30)28-25-27-21(15-32-25)18-7-3-2-4-8-18/h2-15H,16H2,1H3,(H,26,29)(H,27,28,30). The predicted molar refractivity (Wildman–Crippen MR) is 132 cm³/mol. The van der Waals surface area contributed by atoms with Gasteiger partial charge in [0.1, 0.15) is 0 Å². The molecule has 1 aromatic heterocycles. The molecular weight excluding hydrogens is 438 g/mol. The second-order valence-corrected chi connectivity index (χ2v) is 8.93. The minimum atomic E-state index is -0.249. The average Bonchev–Trinajstić information content (AvgIpc) is 3.28. The van der Waals surface area contributed by atoms with E-state index in [0.717, 1.165) is 27.4 Å². The van der Waals surface area contributed by atoms with Gasteiger partial charge in [0.2, 0.25) is 5.91 Å². The topological polar surface area (TPSA) is 71.1 Å². The van der Waals surface area contributed by atoms with E-state index in [9.17, 15) is 9.59 Å². The van der Waals surface area contributed by atoms with Gasteiger partial charge in [-0.05, 0) is 31.2 Å². The predicted octanol–water partition coefficient (Wildman–Crippen LogP) is 6.10. The Morgan fingerprint density at radius 2 is 1.62 bits per heavy atom. The van der Waals surface area contributed by atoms with Crippen molar-refractivity contribution in [3.8, 4) is 11.3 Å². The van der Waals surface area contributed by atoms with Crippen molar-refractivity contribution in [2.24, 2.45) is 0 Å². The van der Waals surface area contributed by atoms with Gasteiger partial charge in [0, 0.05) is 21.5 Å². The molecule has 4 rings (SSSR count). The maximum Gasteiger partial charge on any atom is 0.258 e. The molecule has 3 aromatic carbocycles. The number of carbonyl (C=O) groups is 2. The molecule has 0 aliphatic rings. The number of aromatic nitrogens is 1. The molecule has 5 nitrogen and oxygen atoms in total. The third-order valence-electron chi connectivity index (χ3n) is 4.62. The normalized spacial score (nSPS) is 10.5. The molecule has 0 saturated heterocycles. The summed E-state index contributed by atoms with van der Waals surface area (Å²) in [5.74, 6) is -0.171. The molecule has 0 bridgehead atoms. The number of benzene rings is 3. The molecule has 160 valence electrons. The Labute approximate surface area is 194 Å². The number of nitrogens with one attached hydrogen (secondary N) is 2. The number of rotatable bonds is 7. The summed E-state index contributed by atoms with van der Waals surface area (Å²) in [4.78, 5) is 30.5. The molecule has 0 aliphatic carbocycles. The van der Waals surface area contributed by atoms with E-state index in [4.69, 9.17) is 0 Å². The van der Waals surface area contributed by atoms with Gasteiger partial charge in [-0.1, -0.05) is 60.2 Å². The van der Waals surface area contributed by atoms with Crippen LogP contribution in [0.25, 0.3) is 11.3 Å². The highest BCUT2D eigenvalue weighted by molar-refractivity contribution is 8.00. The number of thioether (sulfide) groups is 1. The summed E-state index contributed by atoms with van der Waals surface area (Å²) < 4.78 is 0. The van der Waals surface area contributed by atoms with Gasteiger partial charge in [-0.15, -0.1) is 23.1 Å². The Morgan fingerprint density at radius 3 is 2.41 bits per heavy atom. The third kappa shape index (κ3) is 5.63. The number of thiazole rings is 1. The first-order valence-electron chi connectivity index (χ1n) is 9.99. The van der Waals surface area contributed by atoms with Crippen molar-refractivity contribution in [2.45, 2.75) is 11.8 Å². The lowest BCUT2D eigenvalue weighted by Gasteiger charge is -2.09. The smallest absolute Gasteiger partial charge is 0.258 e. The first-order valence-corrected chi connectivity index (χ1v) is 11.9. The summed E-state index contributed by atoms with van der Waals surface area (Å²) >= 11 is 2.71. The lowest BCUT2D eigenvalue weighted by Crippen LogP contribution is -2.15. The minimum absolute atomic E-state index is 0.124. The highest BCUT2D eigenvalue weighted by Crippen LogP contribution is 2.27. The number of aryl methyl sites for hydroxylation is 1. The lowest BCUT2D eigenvalue weighted by molar-refractivity contribution is -0.113. The Bertz CT molecular complexity index is 1220. The molecule has 1 heterocycles. The van der Waals surface area contributed by atoms with E-state index in [1.54, 1.807) is 6.07 Å². The molecule has 0 fully saturated rings. The van der Waals surface area contributed by atoms with Crippen molar-refractivity contribution in [3.63, 3.8) is 0 Å². The average molecular weight is 460 g/mol. The number of anilines is 2. The van der Waals surface area contributed by atoms with Crippen LogP contribution < -0.4 is 10.6 Å². The molecule has 7 heteroatoms. The van der Waals surface area contributed by atoms with E-state index in [0.29, 0.717) is 10.7 Å². The number of amides is 2. The van der Waals surface area contributed by atoms with Crippen molar-refractivity contribution in [1.29, 1.82) is 0 Å². The van der Waals surface area contributed by atoms with E-state index in [2.05, 4.69) is 15.6 Å². The van der Waals surface area contributed by atoms with Gasteiger partial charge < -0.3 is 5.32 Å². The SMILES string of the molecule is Cc1ccc(NC(=O)CSc2ccccc2C(=O)Nc2nc(-c3ccccc3)cs2)cc1. The van der Waals surface area contributed by atoms with Crippen molar-refractivity contribution in [1.82, 2.24) is 4.98 Å². The fourth-order valence-electron chi connectivity index (χ4n) is 2.99. The first kappa shape index (κ1) is 21.8. The summed E-state index contributed by atoms with van der Waals surface area (Å²) in [5.41, 5.74) is 4.22. The molecule has 32 heavy (non-hydrogen) atoms. The van der Waals surface area contributed by atoms with Crippen LogP contribution >= 0.6 is 23.1 Å². The molecule has 4 aromatic rings. The molecule has 0 saturated carbocycles. The minimum Gasteiger partial charge on any atom is -0.325 e. The molecule has 2 N–H and O–H groups in total. The van der Waals surface area contributed by atoms with Gasteiger partial charge in [-0.3, -0.25) is 14.9 Å². The summed E-state index contributed by atoms with van der Waals surface area (Å²) in [6, 6.07) is 24.7. The Hall–Kier alpha value is -3.42. The summed E-state index contributed by atoms with van der Waals surface area (Å²) in [6.45, 7) is 2.00. The second-order valence-electron chi connectivity index (χ2n) is 7.06. The van der Waals surface area contributed by atoms with Crippen LogP contribution in [0.2, 0.25) is 0 Å². The van der Waals surface area contributed by atoms with Crippen molar-refractivity contribution in [3.05, 3.63) is 95.4 Å². The molecule has 0 unspecified atom stereocenters. The monoisotopic (exact) mass is 459 g/mol. The lowest BCUT2D eigenvalue weighted by atomic mass is 10.2. The largest absolute Gasteiger partial charge is 0.325 e. The van der Waals surface area contributed by atoms with Gasteiger partial charge in [0.15, 0.2) is 5.13 Å². The van der Waals surface area contributed by atoms with E-state index < -0.39 is 0 Å². The second kappa shape index (κ2) is 10.3. The van der Waals surface area contributed by atoms with Crippen LogP contribution in [0.5, 0.6) is 0 Å². The van der Waals surface area contributed by atoms with Crippen LogP contribution in [0.15, 0.2) is 89.1 Å². The molecule has 0 spiro atoms. The molecule has 0 aliphatic heterocycles. The van der Waals surface area contributed by atoms with Gasteiger partial charge in [0.05, 0.1) is 17.0 Å². The van der Waals surface area contributed by atoms with Crippen molar-refractivity contribution in [2.75, 3.05) is 16.4 Å². The zero-order valence-corrected chi connectivity index (χ0v) is 19.0. The third-order valence-corrected chi connectivity index (χ3v) is 6.45. The number of hydrogen-bond acceptors (Lipinski definition) is 5. The van der Waals surface area contributed by atoms with Crippen molar-refractivity contribution < 1.29 is 9.59 Å². The highest BCUT2D eigenvalue weighted by Gasteiger charge is 2.15. The van der Waals surface area contributed by atoms with Crippen LogP contribution in [0.1, 0.15) is 15.9 Å². The van der Waals surface area contributed by atoms with E-state index in [1.165, 1.54) is 23.1 Å². The number of carbonyl (C=O) groups excluding carboxylic acids is 2. The summed E-state index contributed by atoms with van der Waals surface area (Å²) in [6.07, 6.45) is 0. The molecular formula is C25H21N3O2S2. The fourth-order valence-corrected chi connectivity index (χ4v) is 4.56. The quantitative estimate of drug-likeness (QED) is 0.328. The van der Waals surface area contributed by atoms with Gasteiger partial charge >= 0.3 is 0 Å². The molecule has 0 radical (unpaired) electrons. The fraction of sp³-hybridized carbons (Fsp3) is 0.0800. The Kier molecular flexibility index (Phi) is 6.99. The summed E-state index contributed by atoms with van der Waals surface area (Å²) in [7, 11) is 0. The van der Waals surface area contributed by atoms with Crippen LogP contribution in [0.3, 0.4) is 0 Å².